The van der Waals surface area contributed by atoms with Crippen molar-refractivity contribution in [3.63, 3.8) is 0 Å². The Labute approximate surface area is 126 Å². The first kappa shape index (κ1) is 17.9. The van der Waals surface area contributed by atoms with Crippen LogP contribution in [0.25, 0.3) is 0 Å². The third-order valence-corrected chi connectivity index (χ3v) is 3.73. The van der Waals surface area contributed by atoms with Crippen molar-refractivity contribution in [1.29, 1.82) is 0 Å². The van der Waals surface area contributed by atoms with Crippen LogP contribution in [0, 0.1) is 5.82 Å². The minimum atomic E-state index is -5.23. The normalized spacial score (nSPS) is 12.3. The quantitative estimate of drug-likeness (QED) is 0.619. The molecule has 0 aromatic heterocycles. The molecule has 1 aromatic carbocycles. The molecule has 0 aliphatic heterocycles. The Morgan fingerprint density at radius 1 is 1.33 bits per heavy atom. The molecule has 0 heterocycles. The summed E-state index contributed by atoms with van der Waals surface area (Å²) >= 11 is 2.89. The third-order valence-electron chi connectivity index (χ3n) is 2.33. The van der Waals surface area contributed by atoms with E-state index in [1.54, 1.807) is 0 Å². The van der Waals surface area contributed by atoms with Crippen LogP contribution >= 0.6 is 15.9 Å². The molecule has 0 bridgehead atoms. The molecular formula is C11H10BrF4NO3S. The van der Waals surface area contributed by atoms with Crippen LogP contribution in [0.2, 0.25) is 0 Å². The minimum Gasteiger partial charge on any atom is -0.383 e. The first-order valence-electron chi connectivity index (χ1n) is 5.44. The van der Waals surface area contributed by atoms with Gasteiger partial charge in [0.2, 0.25) is 0 Å². The molecule has 4 nitrogen and oxygen atoms in total. The number of hydrogen-bond acceptors (Lipinski definition) is 4. The SMILES string of the molecule is CS(=O)(=O)CCNc1cc(Br)cc(F)c1C(=O)C(F)(F)F. The second kappa shape index (κ2) is 6.30. The lowest BCUT2D eigenvalue weighted by Crippen LogP contribution is -2.26. The number of carbonyl (C=O) groups excluding carboxylic acids is 1. The molecule has 0 saturated carbocycles. The Morgan fingerprint density at radius 2 is 1.90 bits per heavy atom. The lowest BCUT2D eigenvalue weighted by Gasteiger charge is -2.14. The molecule has 0 amide bonds. The van der Waals surface area contributed by atoms with E-state index in [4.69, 9.17) is 0 Å². The summed E-state index contributed by atoms with van der Waals surface area (Å²) in [6.07, 6.45) is -4.29. The molecule has 10 heteroatoms. The van der Waals surface area contributed by atoms with Crippen LogP contribution in [-0.2, 0) is 9.84 Å². The first-order chi connectivity index (χ1) is 9.42. The summed E-state index contributed by atoms with van der Waals surface area (Å²) in [6.45, 7) is -0.257. The number of rotatable bonds is 5. The number of ketones is 1. The maximum Gasteiger partial charge on any atom is 0.455 e. The number of nitrogens with one attached hydrogen (secondary N) is 1. The van der Waals surface area contributed by atoms with Gasteiger partial charge in [0.15, 0.2) is 0 Å². The number of halogens is 5. The second-order valence-corrected chi connectivity index (χ2v) is 7.37. The summed E-state index contributed by atoms with van der Waals surface area (Å²) in [5.41, 5.74) is -1.59. The van der Waals surface area contributed by atoms with E-state index in [-0.39, 0.29) is 16.8 Å². The van der Waals surface area contributed by atoms with Gasteiger partial charge in [-0.3, -0.25) is 4.79 Å². The van der Waals surface area contributed by atoms with Gasteiger partial charge in [0, 0.05) is 23.0 Å². The fourth-order valence-corrected chi connectivity index (χ4v) is 2.36. The highest BCUT2D eigenvalue weighted by Crippen LogP contribution is 2.31. The van der Waals surface area contributed by atoms with Crippen molar-refractivity contribution in [2.45, 2.75) is 6.18 Å². The summed E-state index contributed by atoms with van der Waals surface area (Å²) in [5.74, 6) is -4.07. The molecule has 0 fully saturated rings. The first-order valence-corrected chi connectivity index (χ1v) is 8.29. The van der Waals surface area contributed by atoms with E-state index in [0.29, 0.717) is 0 Å². The Balaban J connectivity index is 3.15. The second-order valence-electron chi connectivity index (χ2n) is 4.19. The van der Waals surface area contributed by atoms with Gasteiger partial charge in [-0.25, -0.2) is 12.8 Å². The minimum absolute atomic E-state index is 0.112. The van der Waals surface area contributed by atoms with Gasteiger partial charge in [0.05, 0.1) is 11.3 Å². The molecule has 0 aliphatic rings. The maximum absolute atomic E-state index is 13.6. The summed E-state index contributed by atoms with van der Waals surface area (Å²) in [5, 5.41) is 2.33. The van der Waals surface area contributed by atoms with Crippen molar-refractivity contribution in [1.82, 2.24) is 0 Å². The zero-order valence-electron chi connectivity index (χ0n) is 10.6. The molecule has 0 aliphatic carbocycles. The topological polar surface area (TPSA) is 63.2 Å². The summed E-state index contributed by atoms with van der Waals surface area (Å²) < 4.78 is 73.0. The molecule has 1 aromatic rings. The van der Waals surface area contributed by atoms with E-state index in [2.05, 4.69) is 21.2 Å². The van der Waals surface area contributed by atoms with Gasteiger partial charge in [0.25, 0.3) is 5.78 Å². The van der Waals surface area contributed by atoms with Crippen molar-refractivity contribution in [3.8, 4) is 0 Å². The monoisotopic (exact) mass is 391 g/mol. The fraction of sp³-hybridized carbons (Fsp3) is 0.364. The van der Waals surface area contributed by atoms with E-state index in [1.165, 1.54) is 0 Å². The maximum atomic E-state index is 13.6. The standard InChI is InChI=1S/C11H10BrF4NO3S/c1-21(19,20)3-2-17-8-5-6(12)4-7(13)9(8)10(18)11(14,15)16/h4-5,17H,2-3H2,1H3. The average Bonchev–Trinajstić information content (AvgIpc) is 2.24. The summed E-state index contributed by atoms with van der Waals surface area (Å²) in [6, 6.07) is 1.80. The predicted octanol–water partition coefficient (Wildman–Crippen LogP) is 2.79. The van der Waals surface area contributed by atoms with Crippen molar-refractivity contribution in [2.75, 3.05) is 23.9 Å². The molecule has 0 unspecified atom stereocenters. The van der Waals surface area contributed by atoms with Gasteiger partial charge in [-0.15, -0.1) is 0 Å². The highest BCUT2D eigenvalue weighted by atomic mass is 79.9. The van der Waals surface area contributed by atoms with E-state index in [1.807, 2.05) is 0 Å². The molecule has 0 saturated heterocycles. The average molecular weight is 392 g/mol. The smallest absolute Gasteiger partial charge is 0.383 e. The molecule has 0 atom stereocenters. The number of carbonyl (C=O) groups is 1. The number of anilines is 1. The molecule has 21 heavy (non-hydrogen) atoms. The zero-order valence-corrected chi connectivity index (χ0v) is 13.0. The van der Waals surface area contributed by atoms with Gasteiger partial charge >= 0.3 is 6.18 Å². The van der Waals surface area contributed by atoms with Crippen LogP contribution < -0.4 is 5.32 Å². The largest absolute Gasteiger partial charge is 0.455 e. The molecule has 0 spiro atoms. The van der Waals surface area contributed by atoms with Gasteiger partial charge in [0.1, 0.15) is 15.7 Å². The molecule has 1 rings (SSSR count). The number of hydrogen-bond donors (Lipinski definition) is 1. The number of alkyl halides is 3. The zero-order chi connectivity index (χ0) is 16.4. The fourth-order valence-electron chi connectivity index (χ4n) is 1.46. The molecule has 118 valence electrons. The number of sulfone groups is 1. The van der Waals surface area contributed by atoms with E-state index in [9.17, 15) is 30.8 Å². The summed E-state index contributed by atoms with van der Waals surface area (Å²) in [7, 11) is -3.35. The Morgan fingerprint density at radius 3 is 2.38 bits per heavy atom. The number of Topliss-reactive ketones (excluding diaryl/α,β-unsaturated/α-hetero) is 1. The van der Waals surface area contributed by atoms with E-state index in [0.717, 1.165) is 18.4 Å². The van der Waals surface area contributed by atoms with Crippen LogP contribution in [0.4, 0.5) is 23.2 Å². The van der Waals surface area contributed by atoms with Crippen molar-refractivity contribution in [3.05, 3.63) is 28.0 Å². The Hall–Kier alpha value is -1.16. The Kier molecular flexibility index (Phi) is 5.37. The lowest BCUT2D eigenvalue weighted by molar-refractivity contribution is -0.0887. The van der Waals surface area contributed by atoms with Crippen LogP contribution in [0.3, 0.4) is 0 Å². The summed E-state index contributed by atoms with van der Waals surface area (Å²) in [4.78, 5) is 11.2. The van der Waals surface area contributed by atoms with Crippen molar-refractivity contribution in [2.24, 2.45) is 0 Å². The highest BCUT2D eigenvalue weighted by molar-refractivity contribution is 9.10. The van der Waals surface area contributed by atoms with E-state index >= 15 is 0 Å². The van der Waals surface area contributed by atoms with Crippen LogP contribution in [-0.4, -0.2) is 38.9 Å². The van der Waals surface area contributed by atoms with Crippen molar-refractivity contribution >= 4 is 37.2 Å². The predicted molar refractivity (Wildman–Crippen MR) is 72.7 cm³/mol. The van der Waals surface area contributed by atoms with Crippen molar-refractivity contribution < 1.29 is 30.8 Å². The van der Waals surface area contributed by atoms with E-state index < -0.39 is 38.9 Å². The van der Waals surface area contributed by atoms with Crippen LogP contribution in [0.15, 0.2) is 16.6 Å². The van der Waals surface area contributed by atoms with Gasteiger partial charge in [-0.1, -0.05) is 15.9 Å². The molecule has 1 N–H and O–H groups in total. The van der Waals surface area contributed by atoms with Crippen LogP contribution in [0.5, 0.6) is 0 Å². The van der Waals surface area contributed by atoms with Crippen LogP contribution in [0.1, 0.15) is 10.4 Å². The lowest BCUT2D eigenvalue weighted by atomic mass is 10.1. The molecule has 0 radical (unpaired) electrons. The van der Waals surface area contributed by atoms with Gasteiger partial charge in [-0.2, -0.15) is 13.2 Å². The Bertz CT molecular complexity index is 658. The highest BCUT2D eigenvalue weighted by Gasteiger charge is 2.42. The van der Waals surface area contributed by atoms with Gasteiger partial charge < -0.3 is 5.32 Å². The third kappa shape index (κ3) is 5.27. The number of benzene rings is 1. The van der Waals surface area contributed by atoms with Gasteiger partial charge in [-0.05, 0) is 12.1 Å². The molecular weight excluding hydrogens is 382 g/mol.